The average molecular weight is 342 g/mol. The second-order valence-electron chi connectivity index (χ2n) is 7.67. The molecule has 25 heavy (non-hydrogen) atoms. The fourth-order valence-corrected chi connectivity index (χ4v) is 4.04. The number of nitrogens with two attached hydrogens (primary N) is 1. The standard InChI is InChI=1S/C20H30N4O/c1-14-12-24(13-15(2)25-14)20-8-7-19(9-17(20)10-21)23-11-16-3-5-18(22)6-4-16/h7-9,14-16,18,23H,3-6,11-13,22H2,1-2H3/t14?,15?,16-,18-. The molecular weight excluding hydrogens is 312 g/mol. The van der Waals surface area contributed by atoms with Gasteiger partial charge in [-0.3, -0.25) is 0 Å². The molecule has 1 heterocycles. The summed E-state index contributed by atoms with van der Waals surface area (Å²) < 4.78 is 5.80. The van der Waals surface area contributed by atoms with Crippen LogP contribution in [0.4, 0.5) is 11.4 Å². The Labute approximate surface area is 151 Å². The van der Waals surface area contributed by atoms with E-state index in [2.05, 4.69) is 42.3 Å². The van der Waals surface area contributed by atoms with Crippen LogP contribution in [0.15, 0.2) is 18.2 Å². The molecule has 1 aromatic rings. The van der Waals surface area contributed by atoms with Crippen LogP contribution in [-0.4, -0.2) is 37.9 Å². The maximum atomic E-state index is 9.60. The number of anilines is 2. The van der Waals surface area contributed by atoms with Crippen molar-refractivity contribution in [1.82, 2.24) is 0 Å². The third-order valence-electron chi connectivity index (χ3n) is 5.36. The van der Waals surface area contributed by atoms with Crippen LogP contribution in [0.1, 0.15) is 45.1 Å². The molecule has 0 bridgehead atoms. The van der Waals surface area contributed by atoms with Gasteiger partial charge in [0.25, 0.3) is 0 Å². The second-order valence-corrected chi connectivity index (χ2v) is 7.67. The Morgan fingerprint density at radius 2 is 1.88 bits per heavy atom. The van der Waals surface area contributed by atoms with E-state index < -0.39 is 0 Å². The van der Waals surface area contributed by atoms with Gasteiger partial charge in [-0.05, 0) is 63.6 Å². The highest BCUT2D eigenvalue weighted by Crippen LogP contribution is 2.28. The number of rotatable bonds is 4. The van der Waals surface area contributed by atoms with Gasteiger partial charge in [0.05, 0.1) is 23.5 Å². The topological polar surface area (TPSA) is 74.3 Å². The fourth-order valence-electron chi connectivity index (χ4n) is 4.04. The van der Waals surface area contributed by atoms with Crippen molar-refractivity contribution in [2.24, 2.45) is 11.7 Å². The molecule has 136 valence electrons. The van der Waals surface area contributed by atoms with Crippen LogP contribution < -0.4 is 16.0 Å². The molecule has 0 aromatic heterocycles. The van der Waals surface area contributed by atoms with E-state index in [1.165, 1.54) is 12.8 Å². The molecule has 5 nitrogen and oxygen atoms in total. The monoisotopic (exact) mass is 342 g/mol. The molecule has 3 N–H and O–H groups in total. The van der Waals surface area contributed by atoms with Crippen LogP contribution in [0, 0.1) is 17.2 Å². The Bertz CT molecular complexity index is 609. The van der Waals surface area contributed by atoms with E-state index in [9.17, 15) is 5.26 Å². The second kappa shape index (κ2) is 8.07. The van der Waals surface area contributed by atoms with Gasteiger partial charge in [-0.2, -0.15) is 5.26 Å². The molecule has 0 spiro atoms. The summed E-state index contributed by atoms with van der Waals surface area (Å²) in [6.07, 6.45) is 5.02. The summed E-state index contributed by atoms with van der Waals surface area (Å²) in [6, 6.07) is 8.90. The van der Waals surface area contributed by atoms with Gasteiger partial charge >= 0.3 is 0 Å². The third-order valence-corrected chi connectivity index (χ3v) is 5.36. The number of hydrogen-bond donors (Lipinski definition) is 2. The molecule has 5 heteroatoms. The first-order valence-corrected chi connectivity index (χ1v) is 9.49. The maximum absolute atomic E-state index is 9.60. The lowest BCUT2D eigenvalue weighted by atomic mass is 9.86. The van der Waals surface area contributed by atoms with Crippen LogP contribution in [0.3, 0.4) is 0 Å². The molecular formula is C20H30N4O. The molecule has 0 amide bonds. The van der Waals surface area contributed by atoms with Crippen molar-refractivity contribution in [3.05, 3.63) is 23.8 Å². The van der Waals surface area contributed by atoms with Crippen molar-refractivity contribution < 1.29 is 4.74 Å². The van der Waals surface area contributed by atoms with E-state index in [1.54, 1.807) is 0 Å². The number of nitrogens with zero attached hydrogens (tertiary/aromatic N) is 2. The first kappa shape index (κ1) is 18.0. The van der Waals surface area contributed by atoms with Gasteiger partial charge in [-0.1, -0.05) is 0 Å². The molecule has 1 saturated heterocycles. The molecule has 2 unspecified atom stereocenters. The van der Waals surface area contributed by atoms with Crippen molar-refractivity contribution in [1.29, 1.82) is 5.26 Å². The van der Waals surface area contributed by atoms with Gasteiger partial charge in [0.1, 0.15) is 6.07 Å². The van der Waals surface area contributed by atoms with Crippen LogP contribution in [0.2, 0.25) is 0 Å². The van der Waals surface area contributed by atoms with Gasteiger partial charge in [0.2, 0.25) is 0 Å². The highest BCUT2D eigenvalue weighted by molar-refractivity contribution is 5.65. The summed E-state index contributed by atoms with van der Waals surface area (Å²) in [7, 11) is 0. The number of ether oxygens (including phenoxy) is 1. The summed E-state index contributed by atoms with van der Waals surface area (Å²) in [4.78, 5) is 2.27. The Morgan fingerprint density at radius 1 is 1.20 bits per heavy atom. The lowest BCUT2D eigenvalue weighted by molar-refractivity contribution is -0.00522. The van der Waals surface area contributed by atoms with E-state index in [-0.39, 0.29) is 12.2 Å². The minimum Gasteiger partial charge on any atom is -0.385 e. The van der Waals surface area contributed by atoms with Crippen molar-refractivity contribution in [2.45, 2.75) is 57.8 Å². The average Bonchev–Trinajstić information content (AvgIpc) is 2.60. The van der Waals surface area contributed by atoms with E-state index >= 15 is 0 Å². The van der Waals surface area contributed by atoms with E-state index in [0.29, 0.717) is 12.0 Å². The summed E-state index contributed by atoms with van der Waals surface area (Å²) in [5, 5.41) is 13.1. The Kier molecular flexibility index (Phi) is 5.82. The predicted octanol–water partition coefficient (Wildman–Crippen LogP) is 3.10. The van der Waals surface area contributed by atoms with Crippen LogP contribution >= 0.6 is 0 Å². The largest absolute Gasteiger partial charge is 0.385 e. The highest BCUT2D eigenvalue weighted by Gasteiger charge is 2.24. The summed E-state index contributed by atoms with van der Waals surface area (Å²) in [5.41, 5.74) is 8.76. The first-order chi connectivity index (χ1) is 12.0. The summed E-state index contributed by atoms with van der Waals surface area (Å²) in [6.45, 7) is 6.78. The molecule has 2 atom stereocenters. The molecule has 1 aliphatic heterocycles. The van der Waals surface area contributed by atoms with Gasteiger partial charge in [-0.25, -0.2) is 0 Å². The zero-order valence-corrected chi connectivity index (χ0v) is 15.4. The maximum Gasteiger partial charge on any atom is 0.101 e. The van der Waals surface area contributed by atoms with Gasteiger partial charge in [0, 0.05) is 31.4 Å². The third kappa shape index (κ3) is 4.65. The number of morpholine rings is 1. The zero-order chi connectivity index (χ0) is 17.8. The van der Waals surface area contributed by atoms with E-state index in [4.69, 9.17) is 10.5 Å². The number of hydrogen-bond acceptors (Lipinski definition) is 5. The normalized spacial score (nSPS) is 29.9. The molecule has 1 aliphatic carbocycles. The smallest absolute Gasteiger partial charge is 0.101 e. The fraction of sp³-hybridized carbons (Fsp3) is 0.650. The molecule has 1 aromatic carbocycles. The van der Waals surface area contributed by atoms with Crippen LogP contribution in [0.25, 0.3) is 0 Å². The van der Waals surface area contributed by atoms with Crippen molar-refractivity contribution >= 4 is 11.4 Å². The minimum absolute atomic E-state index is 0.186. The van der Waals surface area contributed by atoms with E-state index in [1.807, 2.05) is 6.07 Å². The lowest BCUT2D eigenvalue weighted by Crippen LogP contribution is -2.45. The van der Waals surface area contributed by atoms with Gasteiger partial charge < -0.3 is 20.7 Å². The predicted molar refractivity (Wildman–Crippen MR) is 102 cm³/mol. The van der Waals surface area contributed by atoms with Crippen molar-refractivity contribution in [2.75, 3.05) is 29.9 Å². The molecule has 2 aliphatic rings. The van der Waals surface area contributed by atoms with Crippen molar-refractivity contribution in [3.63, 3.8) is 0 Å². The van der Waals surface area contributed by atoms with Gasteiger partial charge in [-0.15, -0.1) is 0 Å². The highest BCUT2D eigenvalue weighted by atomic mass is 16.5. The first-order valence-electron chi connectivity index (χ1n) is 9.49. The van der Waals surface area contributed by atoms with Crippen molar-refractivity contribution in [3.8, 4) is 6.07 Å². The van der Waals surface area contributed by atoms with Crippen LogP contribution in [-0.2, 0) is 4.74 Å². The number of nitriles is 1. The SMILES string of the molecule is CC1CN(c2ccc(NC[C@H]3CC[C@H](N)CC3)cc2C#N)CC(C)O1. The minimum atomic E-state index is 0.186. The molecule has 0 radical (unpaired) electrons. The Morgan fingerprint density at radius 3 is 2.52 bits per heavy atom. The number of nitrogens with one attached hydrogen (secondary N) is 1. The zero-order valence-electron chi connectivity index (χ0n) is 15.4. The molecule has 1 saturated carbocycles. The Hall–Kier alpha value is -1.77. The summed E-state index contributed by atoms with van der Waals surface area (Å²) in [5.74, 6) is 0.686. The molecule has 3 rings (SSSR count). The van der Waals surface area contributed by atoms with Crippen LogP contribution in [0.5, 0.6) is 0 Å². The molecule has 2 fully saturated rings. The quantitative estimate of drug-likeness (QED) is 0.879. The number of benzene rings is 1. The van der Waals surface area contributed by atoms with Gasteiger partial charge in [0.15, 0.2) is 0 Å². The lowest BCUT2D eigenvalue weighted by Gasteiger charge is -2.37. The summed E-state index contributed by atoms with van der Waals surface area (Å²) >= 11 is 0. The van der Waals surface area contributed by atoms with E-state index in [0.717, 1.165) is 49.4 Å². The Balaban J connectivity index is 1.64.